The van der Waals surface area contributed by atoms with Crippen molar-refractivity contribution in [2.45, 2.75) is 58.0 Å². The molecule has 94 valence electrons. The summed E-state index contributed by atoms with van der Waals surface area (Å²) in [6.07, 6.45) is 10.5. The highest BCUT2D eigenvalue weighted by Crippen LogP contribution is 2.25. The molecule has 1 unspecified atom stereocenters. The maximum absolute atomic E-state index is 5.76. The minimum absolute atomic E-state index is 0.516. The van der Waals surface area contributed by atoms with Crippen molar-refractivity contribution >= 4 is 0 Å². The first-order valence-corrected chi connectivity index (χ1v) is 7.22. The second-order valence-corrected chi connectivity index (χ2v) is 5.48. The molecule has 0 amide bonds. The lowest BCUT2D eigenvalue weighted by atomic mass is 9.88. The fraction of sp³-hybridized carbons (Fsp3) is 1.00. The fourth-order valence-electron chi connectivity index (χ4n) is 3.29. The lowest BCUT2D eigenvalue weighted by Crippen LogP contribution is -2.42. The summed E-state index contributed by atoms with van der Waals surface area (Å²) in [5, 5.41) is 0. The van der Waals surface area contributed by atoms with Gasteiger partial charge in [0.1, 0.15) is 0 Å². The van der Waals surface area contributed by atoms with E-state index in [4.69, 9.17) is 4.74 Å². The third-order valence-corrected chi connectivity index (χ3v) is 4.11. The van der Waals surface area contributed by atoms with Gasteiger partial charge in [-0.15, -0.1) is 0 Å². The van der Waals surface area contributed by atoms with Gasteiger partial charge in [0.15, 0.2) is 0 Å². The van der Waals surface area contributed by atoms with E-state index in [0.29, 0.717) is 6.10 Å². The van der Waals surface area contributed by atoms with E-state index in [2.05, 4.69) is 11.8 Å². The molecule has 1 heterocycles. The molecular formula is C14H27NO. The molecule has 0 radical (unpaired) electrons. The Morgan fingerprint density at radius 2 is 1.88 bits per heavy atom. The van der Waals surface area contributed by atoms with Crippen LogP contribution in [0.5, 0.6) is 0 Å². The van der Waals surface area contributed by atoms with E-state index >= 15 is 0 Å². The smallest absolute Gasteiger partial charge is 0.0702 e. The molecule has 16 heavy (non-hydrogen) atoms. The van der Waals surface area contributed by atoms with E-state index in [1.165, 1.54) is 64.6 Å². The first-order chi connectivity index (χ1) is 7.88. The largest absolute Gasteiger partial charge is 0.377 e. The highest BCUT2D eigenvalue weighted by Gasteiger charge is 2.23. The van der Waals surface area contributed by atoms with Gasteiger partial charge in [-0.25, -0.2) is 0 Å². The van der Waals surface area contributed by atoms with Crippen LogP contribution in [0.4, 0.5) is 0 Å². The molecule has 0 N–H and O–H groups in total. The Kier molecular flexibility index (Phi) is 5.11. The minimum atomic E-state index is 0.516. The molecule has 1 atom stereocenters. The van der Waals surface area contributed by atoms with Gasteiger partial charge in [0, 0.05) is 19.7 Å². The van der Waals surface area contributed by atoms with Gasteiger partial charge in [0.2, 0.25) is 0 Å². The predicted molar refractivity (Wildman–Crippen MR) is 67.7 cm³/mol. The molecule has 0 aromatic rings. The number of rotatable bonds is 4. The summed E-state index contributed by atoms with van der Waals surface area (Å²) < 4.78 is 5.76. The van der Waals surface area contributed by atoms with E-state index in [-0.39, 0.29) is 0 Å². The van der Waals surface area contributed by atoms with Crippen LogP contribution in [-0.2, 0) is 4.74 Å². The van der Waals surface area contributed by atoms with Gasteiger partial charge in [-0.2, -0.15) is 0 Å². The van der Waals surface area contributed by atoms with Gasteiger partial charge in [-0.1, -0.05) is 19.3 Å². The lowest BCUT2D eigenvalue weighted by Gasteiger charge is -2.35. The first-order valence-electron chi connectivity index (χ1n) is 7.22. The van der Waals surface area contributed by atoms with Crippen LogP contribution < -0.4 is 0 Å². The summed E-state index contributed by atoms with van der Waals surface area (Å²) in [6.45, 7) is 6.82. The maximum atomic E-state index is 5.76. The third-order valence-electron chi connectivity index (χ3n) is 4.11. The maximum Gasteiger partial charge on any atom is 0.0702 e. The highest BCUT2D eigenvalue weighted by molar-refractivity contribution is 4.77. The van der Waals surface area contributed by atoms with Gasteiger partial charge in [-0.05, 0) is 45.1 Å². The van der Waals surface area contributed by atoms with E-state index < -0.39 is 0 Å². The van der Waals surface area contributed by atoms with Crippen LogP contribution in [-0.4, -0.2) is 37.2 Å². The van der Waals surface area contributed by atoms with Gasteiger partial charge in [0.25, 0.3) is 0 Å². The standard InChI is InChI=1S/C14H27NO/c1-2-16-14-9-6-10-15(12-14)11-13-7-4-3-5-8-13/h13-14H,2-12H2,1H3. The Bertz CT molecular complexity index is 187. The lowest BCUT2D eigenvalue weighted by molar-refractivity contribution is 0.000322. The van der Waals surface area contributed by atoms with Crippen molar-refractivity contribution in [2.75, 3.05) is 26.2 Å². The van der Waals surface area contributed by atoms with E-state index in [0.717, 1.165) is 12.5 Å². The average molecular weight is 225 g/mol. The van der Waals surface area contributed by atoms with Gasteiger partial charge in [-0.3, -0.25) is 0 Å². The SMILES string of the molecule is CCOC1CCCN(CC2CCCCC2)C1. The van der Waals surface area contributed by atoms with Gasteiger partial charge < -0.3 is 9.64 Å². The van der Waals surface area contributed by atoms with Crippen molar-refractivity contribution < 1.29 is 4.74 Å². The number of hydrogen-bond donors (Lipinski definition) is 0. The Balaban J connectivity index is 1.71. The van der Waals surface area contributed by atoms with Crippen LogP contribution in [0.1, 0.15) is 51.9 Å². The topological polar surface area (TPSA) is 12.5 Å². The molecule has 0 aromatic carbocycles. The minimum Gasteiger partial charge on any atom is -0.377 e. The second kappa shape index (κ2) is 6.61. The third kappa shape index (κ3) is 3.74. The summed E-state index contributed by atoms with van der Waals surface area (Å²) in [6, 6.07) is 0. The van der Waals surface area contributed by atoms with Crippen molar-refractivity contribution in [1.82, 2.24) is 4.90 Å². The number of piperidine rings is 1. The van der Waals surface area contributed by atoms with Crippen molar-refractivity contribution in [3.05, 3.63) is 0 Å². The highest BCUT2D eigenvalue weighted by atomic mass is 16.5. The molecule has 2 nitrogen and oxygen atoms in total. The number of nitrogens with zero attached hydrogens (tertiary/aromatic N) is 1. The molecule has 2 rings (SSSR count). The van der Waals surface area contributed by atoms with Crippen LogP contribution in [0.3, 0.4) is 0 Å². The quantitative estimate of drug-likeness (QED) is 0.729. The Hall–Kier alpha value is -0.0800. The molecule has 2 fully saturated rings. The fourth-order valence-corrected chi connectivity index (χ4v) is 3.29. The zero-order valence-corrected chi connectivity index (χ0v) is 10.8. The predicted octanol–water partition coefficient (Wildman–Crippen LogP) is 3.07. The molecule has 2 aliphatic rings. The molecule has 0 bridgehead atoms. The Labute approximate surface area is 100 Å². The summed E-state index contributed by atoms with van der Waals surface area (Å²) >= 11 is 0. The van der Waals surface area contributed by atoms with Crippen LogP contribution in [0, 0.1) is 5.92 Å². The average Bonchev–Trinajstić information content (AvgIpc) is 2.31. The van der Waals surface area contributed by atoms with Gasteiger partial charge in [0.05, 0.1) is 6.10 Å². The van der Waals surface area contributed by atoms with Crippen molar-refractivity contribution in [3.63, 3.8) is 0 Å². The van der Waals surface area contributed by atoms with E-state index in [1.54, 1.807) is 0 Å². The zero-order valence-electron chi connectivity index (χ0n) is 10.8. The van der Waals surface area contributed by atoms with Crippen LogP contribution in [0.15, 0.2) is 0 Å². The number of ether oxygens (including phenoxy) is 1. The van der Waals surface area contributed by atoms with Crippen LogP contribution in [0.2, 0.25) is 0 Å². The van der Waals surface area contributed by atoms with Crippen molar-refractivity contribution in [1.29, 1.82) is 0 Å². The molecule has 0 spiro atoms. The summed E-state index contributed by atoms with van der Waals surface area (Å²) in [7, 11) is 0. The van der Waals surface area contributed by atoms with Crippen LogP contribution >= 0.6 is 0 Å². The molecule has 1 saturated carbocycles. The second-order valence-electron chi connectivity index (χ2n) is 5.48. The van der Waals surface area contributed by atoms with Gasteiger partial charge >= 0.3 is 0 Å². The van der Waals surface area contributed by atoms with Crippen molar-refractivity contribution in [3.8, 4) is 0 Å². The normalized spacial score (nSPS) is 29.4. The number of likely N-dealkylation sites (tertiary alicyclic amines) is 1. The molecule has 1 aliphatic carbocycles. The molecule has 0 aromatic heterocycles. The zero-order chi connectivity index (χ0) is 11.2. The monoisotopic (exact) mass is 225 g/mol. The molecular weight excluding hydrogens is 198 g/mol. The Morgan fingerprint density at radius 1 is 1.06 bits per heavy atom. The first kappa shape index (κ1) is 12.4. The van der Waals surface area contributed by atoms with E-state index in [9.17, 15) is 0 Å². The molecule has 1 aliphatic heterocycles. The Morgan fingerprint density at radius 3 is 2.62 bits per heavy atom. The van der Waals surface area contributed by atoms with Crippen molar-refractivity contribution in [2.24, 2.45) is 5.92 Å². The molecule has 2 heteroatoms. The van der Waals surface area contributed by atoms with Crippen LogP contribution in [0.25, 0.3) is 0 Å². The number of hydrogen-bond acceptors (Lipinski definition) is 2. The summed E-state index contributed by atoms with van der Waals surface area (Å²) in [5.74, 6) is 0.981. The van der Waals surface area contributed by atoms with E-state index in [1.807, 2.05) is 0 Å². The molecule has 1 saturated heterocycles. The summed E-state index contributed by atoms with van der Waals surface area (Å²) in [5.41, 5.74) is 0. The summed E-state index contributed by atoms with van der Waals surface area (Å²) in [4.78, 5) is 2.65.